The van der Waals surface area contributed by atoms with Gasteiger partial charge in [-0.2, -0.15) is 0 Å². The van der Waals surface area contributed by atoms with Gasteiger partial charge in [-0.15, -0.1) is 0 Å². The summed E-state index contributed by atoms with van der Waals surface area (Å²) in [5, 5.41) is 1.14. The maximum atomic E-state index is 12.3. The van der Waals surface area contributed by atoms with E-state index in [1.54, 1.807) is 0 Å². The van der Waals surface area contributed by atoms with Crippen molar-refractivity contribution in [2.45, 2.75) is 13.3 Å². The Hall–Kier alpha value is -3.14. The summed E-state index contributed by atoms with van der Waals surface area (Å²) in [5.74, 6) is -1.53. The first-order chi connectivity index (χ1) is 12.6. The molecule has 0 aliphatic rings. The molecule has 132 valence electrons. The fraction of sp³-hybridized carbons (Fsp3) is 0.182. The Kier molecular flexibility index (Phi) is 5.32. The maximum absolute atomic E-state index is 12.3. The van der Waals surface area contributed by atoms with E-state index in [0.717, 1.165) is 22.2 Å². The van der Waals surface area contributed by atoms with Crippen LogP contribution in [0.4, 0.5) is 0 Å². The Bertz CT molecular complexity index is 955. The lowest BCUT2D eigenvalue weighted by molar-refractivity contribution is -0.150. The molecule has 0 amide bonds. The molecule has 4 heteroatoms. The lowest BCUT2D eigenvalue weighted by Crippen LogP contribution is -2.27. The summed E-state index contributed by atoms with van der Waals surface area (Å²) in [6.07, 6.45) is 3.80. The summed E-state index contributed by atoms with van der Waals surface area (Å²) in [7, 11) is 0. The van der Waals surface area contributed by atoms with E-state index < -0.39 is 11.9 Å². The first kappa shape index (κ1) is 17.7. The molecule has 0 aliphatic heterocycles. The van der Waals surface area contributed by atoms with Gasteiger partial charge in [0.25, 0.3) is 0 Å². The van der Waals surface area contributed by atoms with E-state index in [-0.39, 0.29) is 12.4 Å². The van der Waals surface area contributed by atoms with E-state index in [1.165, 1.54) is 13.0 Å². The number of nitrogens with zero attached hydrogens (tertiary/aromatic N) is 1. The van der Waals surface area contributed by atoms with Gasteiger partial charge < -0.3 is 9.30 Å². The van der Waals surface area contributed by atoms with Crippen LogP contribution in [0.25, 0.3) is 16.6 Å². The molecule has 0 fully saturated rings. The van der Waals surface area contributed by atoms with Gasteiger partial charge in [0.05, 0.1) is 5.52 Å². The molecule has 0 saturated heterocycles. The van der Waals surface area contributed by atoms with Gasteiger partial charge in [-0.05, 0) is 42.5 Å². The number of carbonyl (C=O) groups excluding carboxylic acids is 2. The Morgan fingerprint density at radius 2 is 1.85 bits per heavy atom. The summed E-state index contributed by atoms with van der Waals surface area (Å²) in [6, 6.07) is 17.9. The monoisotopic (exact) mass is 347 g/mol. The van der Waals surface area contributed by atoms with Crippen LogP contribution in [-0.2, 0) is 20.7 Å². The smallest absolute Gasteiger partial charge is 0.317 e. The molecule has 3 aromatic rings. The van der Waals surface area contributed by atoms with Gasteiger partial charge in [-0.3, -0.25) is 9.59 Å². The fourth-order valence-electron chi connectivity index (χ4n) is 3.07. The number of hydrogen-bond donors (Lipinski definition) is 0. The lowest BCUT2D eigenvalue weighted by atomic mass is 9.95. The number of fused-ring (bicyclic) bond motifs is 1. The Morgan fingerprint density at radius 3 is 2.62 bits per heavy atom. The molecule has 26 heavy (non-hydrogen) atoms. The molecule has 1 atom stereocenters. The lowest BCUT2D eigenvalue weighted by Gasteiger charge is -2.16. The number of rotatable bonds is 7. The molecular weight excluding hydrogens is 326 g/mol. The van der Waals surface area contributed by atoms with Crippen molar-refractivity contribution in [3.63, 3.8) is 0 Å². The minimum Gasteiger partial charge on any atom is -0.461 e. The van der Waals surface area contributed by atoms with E-state index in [2.05, 4.69) is 17.2 Å². The number of ketones is 1. The van der Waals surface area contributed by atoms with Gasteiger partial charge in [0, 0.05) is 11.9 Å². The Balaban J connectivity index is 1.97. The predicted molar refractivity (Wildman–Crippen MR) is 102 cm³/mol. The molecule has 0 bridgehead atoms. The van der Waals surface area contributed by atoms with E-state index in [9.17, 15) is 9.59 Å². The van der Waals surface area contributed by atoms with Crippen molar-refractivity contribution in [3.8, 4) is 5.69 Å². The third kappa shape index (κ3) is 3.59. The number of esters is 1. The minimum absolute atomic E-state index is 0.104. The summed E-state index contributed by atoms with van der Waals surface area (Å²) >= 11 is 0. The number of ether oxygens (including phenoxy) is 1. The number of hydrogen-bond acceptors (Lipinski definition) is 3. The van der Waals surface area contributed by atoms with Crippen molar-refractivity contribution >= 4 is 22.7 Å². The van der Waals surface area contributed by atoms with Crippen molar-refractivity contribution < 1.29 is 14.3 Å². The zero-order chi connectivity index (χ0) is 18.5. The second-order valence-electron chi connectivity index (χ2n) is 6.16. The SMILES string of the molecule is C=CCOC(=O)C(Cc1ccccc1-n1ccc2ccccc21)C(C)=O. The van der Waals surface area contributed by atoms with Crippen molar-refractivity contribution in [2.75, 3.05) is 6.61 Å². The normalized spacial score (nSPS) is 11.9. The molecule has 0 spiro atoms. The average molecular weight is 347 g/mol. The Labute approximate surface area is 152 Å². The maximum Gasteiger partial charge on any atom is 0.317 e. The third-order valence-corrected chi connectivity index (χ3v) is 4.39. The highest BCUT2D eigenvalue weighted by Crippen LogP contribution is 2.25. The van der Waals surface area contributed by atoms with Crippen molar-refractivity contribution in [1.82, 2.24) is 4.57 Å². The predicted octanol–water partition coefficient (Wildman–Crippen LogP) is 4.11. The van der Waals surface area contributed by atoms with Crippen molar-refractivity contribution in [1.29, 1.82) is 0 Å². The second-order valence-corrected chi connectivity index (χ2v) is 6.16. The summed E-state index contributed by atoms with van der Waals surface area (Å²) in [5.41, 5.74) is 2.95. The van der Waals surface area contributed by atoms with Crippen LogP contribution in [0, 0.1) is 5.92 Å². The number of Topliss-reactive ketones (excluding diaryl/α,β-unsaturated/α-hetero) is 1. The van der Waals surface area contributed by atoms with E-state index in [0.29, 0.717) is 6.42 Å². The van der Waals surface area contributed by atoms with E-state index in [4.69, 9.17) is 4.74 Å². The zero-order valence-electron chi connectivity index (χ0n) is 14.7. The number of carbonyl (C=O) groups is 2. The van der Waals surface area contributed by atoms with Crippen LogP contribution < -0.4 is 0 Å². The van der Waals surface area contributed by atoms with Gasteiger partial charge in [0.2, 0.25) is 0 Å². The van der Waals surface area contributed by atoms with Gasteiger partial charge in [-0.1, -0.05) is 49.1 Å². The van der Waals surface area contributed by atoms with Crippen LogP contribution in [0.2, 0.25) is 0 Å². The van der Waals surface area contributed by atoms with Crippen molar-refractivity contribution in [2.24, 2.45) is 5.92 Å². The molecule has 0 radical (unpaired) electrons. The molecule has 1 aromatic heterocycles. The van der Waals surface area contributed by atoms with Crippen LogP contribution in [0.3, 0.4) is 0 Å². The highest BCUT2D eigenvalue weighted by atomic mass is 16.5. The third-order valence-electron chi connectivity index (χ3n) is 4.39. The molecule has 3 rings (SSSR count). The topological polar surface area (TPSA) is 48.3 Å². The summed E-state index contributed by atoms with van der Waals surface area (Å²) in [4.78, 5) is 24.3. The van der Waals surface area contributed by atoms with Crippen LogP contribution in [0.5, 0.6) is 0 Å². The fourth-order valence-corrected chi connectivity index (χ4v) is 3.07. The molecule has 1 heterocycles. The van der Waals surface area contributed by atoms with Gasteiger partial charge in [0.1, 0.15) is 18.3 Å². The van der Waals surface area contributed by atoms with Crippen LogP contribution in [0.15, 0.2) is 73.4 Å². The average Bonchev–Trinajstić information content (AvgIpc) is 3.08. The van der Waals surface area contributed by atoms with E-state index in [1.807, 2.05) is 54.7 Å². The number of benzene rings is 2. The zero-order valence-corrected chi connectivity index (χ0v) is 14.7. The molecule has 1 unspecified atom stereocenters. The summed E-state index contributed by atoms with van der Waals surface area (Å²) in [6.45, 7) is 5.06. The second kappa shape index (κ2) is 7.83. The van der Waals surface area contributed by atoms with Gasteiger partial charge >= 0.3 is 5.97 Å². The molecular formula is C22H21NO3. The number of para-hydroxylation sites is 2. The van der Waals surface area contributed by atoms with Gasteiger partial charge in [-0.25, -0.2) is 0 Å². The summed E-state index contributed by atoms with van der Waals surface area (Å²) < 4.78 is 7.18. The van der Waals surface area contributed by atoms with E-state index >= 15 is 0 Å². The largest absolute Gasteiger partial charge is 0.461 e. The first-order valence-electron chi connectivity index (χ1n) is 8.54. The van der Waals surface area contributed by atoms with Crippen molar-refractivity contribution in [3.05, 3.63) is 79.0 Å². The Morgan fingerprint density at radius 1 is 1.12 bits per heavy atom. The quantitative estimate of drug-likeness (QED) is 0.367. The highest BCUT2D eigenvalue weighted by Gasteiger charge is 2.26. The number of aromatic nitrogens is 1. The van der Waals surface area contributed by atoms with Gasteiger partial charge in [0.15, 0.2) is 0 Å². The van der Waals surface area contributed by atoms with Crippen LogP contribution in [0.1, 0.15) is 12.5 Å². The molecule has 2 aromatic carbocycles. The molecule has 0 N–H and O–H groups in total. The first-order valence-corrected chi connectivity index (χ1v) is 8.54. The molecule has 0 aliphatic carbocycles. The molecule has 4 nitrogen and oxygen atoms in total. The minimum atomic E-state index is -0.821. The van der Waals surface area contributed by atoms with Crippen LogP contribution in [-0.4, -0.2) is 22.9 Å². The standard InChI is InChI=1S/C22H21NO3/c1-3-14-26-22(25)19(16(2)24)15-18-9-5-7-11-21(18)23-13-12-17-8-4-6-10-20(17)23/h3-13,19H,1,14-15H2,2H3. The van der Waals surface area contributed by atoms with Crippen LogP contribution >= 0.6 is 0 Å². The molecule has 0 saturated carbocycles. The highest BCUT2D eigenvalue weighted by molar-refractivity contribution is 5.98.